The molecule has 0 aromatic heterocycles. The molecule has 1 heterocycles. The Morgan fingerprint density at radius 1 is 1.00 bits per heavy atom. The van der Waals surface area contributed by atoms with Crippen LogP contribution in [0.1, 0.15) is 12.8 Å². The zero-order valence-electron chi connectivity index (χ0n) is 11.3. The normalized spacial score (nSPS) is 37.7. The summed E-state index contributed by atoms with van der Waals surface area (Å²) in [4.78, 5) is 26.6. The number of amides is 2. The molecule has 5 rings (SSSR count). The van der Waals surface area contributed by atoms with Gasteiger partial charge in [0.25, 0.3) is 0 Å². The van der Waals surface area contributed by atoms with E-state index in [4.69, 9.17) is 0 Å². The van der Waals surface area contributed by atoms with Gasteiger partial charge in [-0.2, -0.15) is 0 Å². The molecule has 3 fully saturated rings. The van der Waals surface area contributed by atoms with Gasteiger partial charge >= 0.3 is 0 Å². The van der Waals surface area contributed by atoms with Crippen LogP contribution >= 0.6 is 0 Å². The Kier molecular flexibility index (Phi) is 1.91. The molecule has 1 aliphatic heterocycles. The van der Waals surface area contributed by atoms with E-state index in [9.17, 15) is 14.0 Å². The SMILES string of the molecule is O=C1[C@H]2[C@H](C(=O)N1c1ccccc1F)[C@H]1C=C[C@H]2C12CC2. The van der Waals surface area contributed by atoms with Crippen molar-refractivity contribution in [2.45, 2.75) is 12.8 Å². The third-order valence-corrected chi connectivity index (χ3v) is 5.95. The van der Waals surface area contributed by atoms with E-state index < -0.39 is 5.82 Å². The van der Waals surface area contributed by atoms with Gasteiger partial charge in [0.1, 0.15) is 5.82 Å². The molecule has 1 aromatic carbocycles. The lowest BCUT2D eigenvalue weighted by Crippen LogP contribution is -2.35. The number of para-hydroxylation sites is 1. The van der Waals surface area contributed by atoms with Crippen LogP contribution in [0.3, 0.4) is 0 Å². The fraction of sp³-hybridized carbons (Fsp3) is 0.412. The third kappa shape index (κ3) is 1.17. The Hall–Kier alpha value is -1.97. The number of rotatable bonds is 1. The van der Waals surface area contributed by atoms with Crippen molar-refractivity contribution in [1.82, 2.24) is 0 Å². The molecule has 4 atom stereocenters. The summed E-state index contributed by atoms with van der Waals surface area (Å²) in [6, 6.07) is 6.02. The summed E-state index contributed by atoms with van der Waals surface area (Å²) in [5.74, 6) is -1.11. The number of nitrogens with zero attached hydrogens (tertiary/aromatic N) is 1. The van der Waals surface area contributed by atoms with Gasteiger partial charge < -0.3 is 0 Å². The van der Waals surface area contributed by atoms with Crippen LogP contribution in [0.5, 0.6) is 0 Å². The quantitative estimate of drug-likeness (QED) is 0.586. The number of benzene rings is 1. The Bertz CT molecular complexity index is 687. The van der Waals surface area contributed by atoms with E-state index in [2.05, 4.69) is 12.2 Å². The minimum atomic E-state index is -0.513. The van der Waals surface area contributed by atoms with E-state index in [0.717, 1.165) is 17.7 Å². The van der Waals surface area contributed by atoms with Gasteiger partial charge in [0.2, 0.25) is 11.8 Å². The number of allylic oxidation sites excluding steroid dienone is 2. The molecular weight excluding hydrogens is 269 g/mol. The predicted octanol–water partition coefficient (Wildman–Crippen LogP) is 2.53. The lowest BCUT2D eigenvalue weighted by molar-refractivity contribution is -0.123. The molecule has 4 aliphatic rings. The molecule has 1 spiro atoms. The van der Waals surface area contributed by atoms with Crippen LogP contribution in [0, 0.1) is 34.9 Å². The predicted molar refractivity (Wildman–Crippen MR) is 73.7 cm³/mol. The lowest BCUT2D eigenvalue weighted by atomic mass is 9.85. The number of carbonyl (C=O) groups is 2. The van der Waals surface area contributed by atoms with Crippen LogP contribution in [0.25, 0.3) is 0 Å². The van der Waals surface area contributed by atoms with E-state index in [1.165, 1.54) is 12.1 Å². The number of hydrogen-bond donors (Lipinski definition) is 0. The number of carbonyl (C=O) groups excluding carboxylic acids is 2. The highest BCUT2D eigenvalue weighted by Crippen LogP contribution is 2.73. The van der Waals surface area contributed by atoms with Crippen LogP contribution in [0.2, 0.25) is 0 Å². The van der Waals surface area contributed by atoms with Crippen molar-refractivity contribution in [3.05, 3.63) is 42.2 Å². The van der Waals surface area contributed by atoms with Gasteiger partial charge in [0, 0.05) is 0 Å². The molecule has 1 saturated heterocycles. The number of hydrogen-bond acceptors (Lipinski definition) is 2. The average Bonchev–Trinajstić information content (AvgIpc) is 3.07. The Balaban J connectivity index is 1.61. The van der Waals surface area contributed by atoms with Crippen molar-refractivity contribution in [3.8, 4) is 0 Å². The highest BCUT2D eigenvalue weighted by atomic mass is 19.1. The summed E-state index contributed by atoms with van der Waals surface area (Å²) in [7, 11) is 0. The van der Waals surface area contributed by atoms with Gasteiger partial charge in [-0.25, -0.2) is 9.29 Å². The maximum Gasteiger partial charge on any atom is 0.238 e. The minimum absolute atomic E-state index is 0.103. The van der Waals surface area contributed by atoms with Gasteiger partial charge in [-0.1, -0.05) is 24.3 Å². The largest absolute Gasteiger partial charge is 0.274 e. The van der Waals surface area contributed by atoms with Gasteiger partial charge in [-0.05, 0) is 42.2 Å². The first-order chi connectivity index (χ1) is 10.1. The van der Waals surface area contributed by atoms with Crippen molar-refractivity contribution < 1.29 is 14.0 Å². The second-order valence-corrected chi connectivity index (χ2v) is 6.68. The van der Waals surface area contributed by atoms with Crippen molar-refractivity contribution >= 4 is 17.5 Å². The second kappa shape index (κ2) is 3.43. The van der Waals surface area contributed by atoms with E-state index in [1.54, 1.807) is 12.1 Å². The molecule has 106 valence electrons. The second-order valence-electron chi connectivity index (χ2n) is 6.68. The average molecular weight is 283 g/mol. The molecule has 21 heavy (non-hydrogen) atoms. The summed E-state index contributed by atoms with van der Waals surface area (Å²) in [6.45, 7) is 0. The highest BCUT2D eigenvalue weighted by molar-refractivity contribution is 6.23. The van der Waals surface area contributed by atoms with E-state index in [-0.39, 0.29) is 46.6 Å². The topological polar surface area (TPSA) is 37.4 Å². The first-order valence-electron chi connectivity index (χ1n) is 7.46. The summed E-state index contributed by atoms with van der Waals surface area (Å²) < 4.78 is 14.0. The standard InChI is InChI=1S/C17H14FNO2/c18-11-3-1-2-4-12(11)19-15(20)13-9-5-6-10(14(13)16(19)21)17(9)7-8-17/h1-6,9-10,13-14H,7-8H2/t9-,10-,13-,14-/m1/s1. The van der Waals surface area contributed by atoms with Gasteiger partial charge in [0.05, 0.1) is 17.5 Å². The van der Waals surface area contributed by atoms with E-state index in [1.807, 2.05) is 0 Å². The van der Waals surface area contributed by atoms with Crippen molar-refractivity contribution in [3.63, 3.8) is 0 Å². The van der Waals surface area contributed by atoms with Crippen molar-refractivity contribution in [1.29, 1.82) is 0 Å². The van der Waals surface area contributed by atoms with Crippen LogP contribution in [0.4, 0.5) is 10.1 Å². The Morgan fingerprint density at radius 2 is 1.57 bits per heavy atom. The van der Waals surface area contributed by atoms with Gasteiger partial charge in [0.15, 0.2) is 0 Å². The summed E-state index contributed by atoms with van der Waals surface area (Å²) in [6.07, 6.45) is 6.47. The third-order valence-electron chi connectivity index (χ3n) is 5.95. The molecule has 1 aromatic rings. The molecule has 2 saturated carbocycles. The van der Waals surface area contributed by atoms with Crippen LogP contribution < -0.4 is 4.90 Å². The fourth-order valence-corrected chi connectivity index (χ4v) is 4.95. The summed E-state index contributed by atoms with van der Waals surface area (Å²) >= 11 is 0. The number of anilines is 1. The smallest absolute Gasteiger partial charge is 0.238 e. The summed E-state index contributed by atoms with van der Waals surface area (Å²) in [5, 5.41) is 0. The molecule has 3 nitrogen and oxygen atoms in total. The Labute approximate surface area is 121 Å². The molecule has 2 amide bonds. The number of imide groups is 1. The molecule has 0 unspecified atom stereocenters. The maximum atomic E-state index is 14.0. The van der Waals surface area contributed by atoms with E-state index >= 15 is 0 Å². The first-order valence-corrected chi connectivity index (χ1v) is 7.46. The number of halogens is 1. The number of fused-ring (bicyclic) bond motifs is 3. The Morgan fingerprint density at radius 3 is 2.10 bits per heavy atom. The molecule has 4 heteroatoms. The zero-order valence-corrected chi connectivity index (χ0v) is 11.3. The first kappa shape index (κ1) is 11.7. The fourth-order valence-electron chi connectivity index (χ4n) is 4.95. The van der Waals surface area contributed by atoms with Gasteiger partial charge in [-0.3, -0.25) is 9.59 Å². The monoisotopic (exact) mass is 283 g/mol. The van der Waals surface area contributed by atoms with Crippen LogP contribution in [0.15, 0.2) is 36.4 Å². The zero-order chi connectivity index (χ0) is 14.4. The van der Waals surface area contributed by atoms with Crippen molar-refractivity contribution in [2.24, 2.45) is 29.1 Å². The van der Waals surface area contributed by atoms with E-state index in [0.29, 0.717) is 0 Å². The molecule has 2 bridgehead atoms. The highest BCUT2D eigenvalue weighted by Gasteiger charge is 2.73. The van der Waals surface area contributed by atoms with Crippen LogP contribution in [-0.2, 0) is 9.59 Å². The molecule has 3 aliphatic carbocycles. The minimum Gasteiger partial charge on any atom is -0.274 e. The van der Waals surface area contributed by atoms with Gasteiger partial charge in [-0.15, -0.1) is 0 Å². The lowest BCUT2D eigenvalue weighted by Gasteiger charge is -2.21. The molecular formula is C17H14FNO2. The summed E-state index contributed by atoms with van der Waals surface area (Å²) in [5.41, 5.74) is 0.285. The maximum absolute atomic E-state index is 14.0. The molecule has 0 radical (unpaired) electrons. The molecule has 0 N–H and O–H groups in total. The van der Waals surface area contributed by atoms with Crippen LogP contribution in [-0.4, -0.2) is 11.8 Å². The van der Waals surface area contributed by atoms with Crippen molar-refractivity contribution in [2.75, 3.05) is 4.90 Å².